The Hall–Kier alpha value is -3.87. The van der Waals surface area contributed by atoms with Gasteiger partial charge in [0.15, 0.2) is 11.0 Å². The number of hydrogen-bond acceptors (Lipinski definition) is 8. The number of nitrogens with zero attached hydrogens (tertiary/aromatic N) is 4. The topological polar surface area (TPSA) is 116 Å². The molecule has 1 saturated heterocycles. The number of amides is 1. The first kappa shape index (κ1) is 27.7. The van der Waals surface area contributed by atoms with Crippen molar-refractivity contribution in [2.75, 3.05) is 38.4 Å². The average Bonchev–Trinajstić information content (AvgIpc) is 3.68. The van der Waals surface area contributed by atoms with Crippen LogP contribution in [0.4, 0.5) is 5.69 Å². The molecule has 0 radical (unpaired) electrons. The SMILES string of the molecule is COc1ccc(-n2c(SCC(=O)Nc3ccc(S(=O)(=O)N4CCCC4)cc3)nnc2-c2cccc(OC)c2)cc1. The molecule has 0 spiro atoms. The van der Waals surface area contributed by atoms with Crippen molar-refractivity contribution in [2.45, 2.75) is 22.9 Å². The van der Waals surface area contributed by atoms with E-state index >= 15 is 0 Å². The molecule has 0 saturated carbocycles. The van der Waals surface area contributed by atoms with E-state index in [1.54, 1.807) is 26.4 Å². The summed E-state index contributed by atoms with van der Waals surface area (Å²) in [5.41, 5.74) is 2.13. The molecule has 0 bridgehead atoms. The van der Waals surface area contributed by atoms with Crippen LogP contribution in [0.1, 0.15) is 12.8 Å². The molecule has 4 aromatic rings. The summed E-state index contributed by atoms with van der Waals surface area (Å²) in [6, 6.07) is 21.3. The van der Waals surface area contributed by atoms with Crippen LogP contribution in [0.15, 0.2) is 82.8 Å². The number of rotatable bonds is 10. The Morgan fingerprint density at radius 1 is 0.925 bits per heavy atom. The van der Waals surface area contributed by atoms with Crippen LogP contribution < -0.4 is 14.8 Å². The lowest BCUT2D eigenvalue weighted by Crippen LogP contribution is -2.27. The van der Waals surface area contributed by atoms with Crippen molar-refractivity contribution in [3.05, 3.63) is 72.8 Å². The van der Waals surface area contributed by atoms with E-state index in [-0.39, 0.29) is 16.6 Å². The van der Waals surface area contributed by atoms with E-state index < -0.39 is 10.0 Å². The van der Waals surface area contributed by atoms with Crippen LogP contribution in [0, 0.1) is 0 Å². The average molecular weight is 580 g/mol. The molecule has 1 amide bonds. The Balaban J connectivity index is 1.32. The molecule has 40 heavy (non-hydrogen) atoms. The lowest BCUT2D eigenvalue weighted by Gasteiger charge is -2.15. The number of nitrogens with one attached hydrogen (secondary N) is 1. The second-order valence-corrected chi connectivity index (χ2v) is 11.9. The van der Waals surface area contributed by atoms with Gasteiger partial charge < -0.3 is 14.8 Å². The van der Waals surface area contributed by atoms with Crippen molar-refractivity contribution in [2.24, 2.45) is 0 Å². The highest BCUT2D eigenvalue weighted by Gasteiger charge is 2.27. The summed E-state index contributed by atoms with van der Waals surface area (Å²) in [5, 5.41) is 12.2. The van der Waals surface area contributed by atoms with Crippen LogP contribution in [-0.4, -0.2) is 66.5 Å². The zero-order valence-electron chi connectivity index (χ0n) is 22.1. The summed E-state index contributed by atoms with van der Waals surface area (Å²) in [6.45, 7) is 1.08. The maximum Gasteiger partial charge on any atom is 0.243 e. The fourth-order valence-electron chi connectivity index (χ4n) is 4.39. The molecule has 0 aliphatic carbocycles. The van der Waals surface area contributed by atoms with Crippen molar-refractivity contribution >= 4 is 33.4 Å². The number of thioether (sulfide) groups is 1. The summed E-state index contributed by atoms with van der Waals surface area (Å²) in [7, 11) is -0.297. The molecule has 10 nitrogen and oxygen atoms in total. The smallest absolute Gasteiger partial charge is 0.243 e. The predicted molar refractivity (Wildman–Crippen MR) is 154 cm³/mol. The van der Waals surface area contributed by atoms with Crippen LogP contribution in [0.5, 0.6) is 11.5 Å². The predicted octanol–water partition coefficient (Wildman–Crippen LogP) is 4.47. The molecule has 3 aromatic carbocycles. The highest BCUT2D eigenvalue weighted by molar-refractivity contribution is 7.99. The second kappa shape index (κ2) is 12.1. The third-order valence-electron chi connectivity index (χ3n) is 6.47. The van der Waals surface area contributed by atoms with Crippen LogP contribution in [0.25, 0.3) is 17.1 Å². The number of aromatic nitrogens is 3. The van der Waals surface area contributed by atoms with Crippen molar-refractivity contribution < 1.29 is 22.7 Å². The standard InChI is InChI=1S/C28H29N5O5S2/c1-37-23-12-10-22(11-13-23)33-27(20-6-5-7-24(18-20)38-2)30-31-28(33)39-19-26(34)29-21-8-14-25(15-9-21)40(35,36)32-16-3-4-17-32/h5-15,18H,3-4,16-17,19H2,1-2H3,(H,29,34). The van der Waals surface area contributed by atoms with E-state index in [1.165, 1.54) is 28.2 Å². The lowest BCUT2D eigenvalue weighted by molar-refractivity contribution is -0.113. The van der Waals surface area contributed by atoms with E-state index in [2.05, 4.69) is 15.5 Å². The number of carbonyl (C=O) groups is 1. The van der Waals surface area contributed by atoms with Gasteiger partial charge in [-0.1, -0.05) is 23.9 Å². The molecule has 1 fully saturated rings. The van der Waals surface area contributed by atoms with Gasteiger partial charge in [-0.3, -0.25) is 9.36 Å². The summed E-state index contributed by atoms with van der Waals surface area (Å²) in [5.74, 6) is 1.82. The molecule has 1 aliphatic heterocycles. The van der Waals surface area contributed by atoms with Crippen molar-refractivity contribution in [3.8, 4) is 28.6 Å². The van der Waals surface area contributed by atoms with Gasteiger partial charge in [0, 0.05) is 30.0 Å². The summed E-state index contributed by atoms with van der Waals surface area (Å²) < 4.78 is 39.6. The second-order valence-electron chi connectivity index (χ2n) is 9.04. The minimum absolute atomic E-state index is 0.0697. The molecule has 0 unspecified atom stereocenters. The number of hydrogen-bond donors (Lipinski definition) is 1. The minimum atomic E-state index is -3.51. The largest absolute Gasteiger partial charge is 0.497 e. The maximum atomic E-state index is 12.8. The Kier molecular flexibility index (Phi) is 8.38. The van der Waals surface area contributed by atoms with Gasteiger partial charge in [0.05, 0.1) is 24.9 Å². The quantitative estimate of drug-likeness (QED) is 0.274. The zero-order valence-corrected chi connectivity index (χ0v) is 23.7. The number of methoxy groups -OCH3 is 2. The highest BCUT2D eigenvalue weighted by Crippen LogP contribution is 2.31. The summed E-state index contributed by atoms with van der Waals surface area (Å²) in [6.07, 6.45) is 1.75. The van der Waals surface area contributed by atoms with E-state index in [0.717, 1.165) is 24.1 Å². The molecule has 5 rings (SSSR count). The zero-order chi connectivity index (χ0) is 28.1. The number of ether oxygens (including phenoxy) is 2. The fraction of sp³-hybridized carbons (Fsp3) is 0.250. The summed E-state index contributed by atoms with van der Waals surface area (Å²) in [4.78, 5) is 13.0. The van der Waals surface area contributed by atoms with Gasteiger partial charge in [-0.2, -0.15) is 4.31 Å². The Morgan fingerprint density at radius 2 is 1.62 bits per heavy atom. The van der Waals surface area contributed by atoms with Gasteiger partial charge in [-0.05, 0) is 73.5 Å². The molecule has 12 heteroatoms. The number of sulfonamides is 1. The Labute approximate surface area is 237 Å². The molecule has 0 atom stereocenters. The van der Waals surface area contributed by atoms with Crippen LogP contribution in [-0.2, 0) is 14.8 Å². The van der Waals surface area contributed by atoms with E-state index in [0.29, 0.717) is 41.3 Å². The maximum absolute atomic E-state index is 12.8. The van der Waals surface area contributed by atoms with Gasteiger partial charge in [0.1, 0.15) is 11.5 Å². The third kappa shape index (κ3) is 5.98. The number of carbonyl (C=O) groups excluding carboxylic acids is 1. The molecule has 1 aliphatic rings. The highest BCUT2D eigenvalue weighted by atomic mass is 32.2. The van der Waals surface area contributed by atoms with Gasteiger partial charge >= 0.3 is 0 Å². The Morgan fingerprint density at radius 3 is 2.30 bits per heavy atom. The molecule has 1 aromatic heterocycles. The third-order valence-corrected chi connectivity index (χ3v) is 9.31. The van der Waals surface area contributed by atoms with Crippen molar-refractivity contribution in [1.82, 2.24) is 19.1 Å². The van der Waals surface area contributed by atoms with Gasteiger partial charge in [0.2, 0.25) is 15.9 Å². The normalized spacial score (nSPS) is 13.8. The van der Waals surface area contributed by atoms with Gasteiger partial charge in [-0.15, -0.1) is 10.2 Å². The van der Waals surface area contributed by atoms with Crippen LogP contribution in [0.2, 0.25) is 0 Å². The molecular formula is C28H29N5O5S2. The summed E-state index contributed by atoms with van der Waals surface area (Å²) >= 11 is 1.24. The fourth-order valence-corrected chi connectivity index (χ4v) is 6.66. The Bertz CT molecular complexity index is 1580. The lowest BCUT2D eigenvalue weighted by atomic mass is 10.2. The number of benzene rings is 3. The van der Waals surface area contributed by atoms with E-state index in [4.69, 9.17) is 9.47 Å². The minimum Gasteiger partial charge on any atom is -0.497 e. The molecule has 1 N–H and O–H groups in total. The molecule has 208 valence electrons. The van der Waals surface area contributed by atoms with Crippen LogP contribution in [0.3, 0.4) is 0 Å². The first-order valence-corrected chi connectivity index (χ1v) is 15.1. The number of anilines is 1. The van der Waals surface area contributed by atoms with Gasteiger partial charge in [-0.25, -0.2) is 8.42 Å². The van der Waals surface area contributed by atoms with Crippen LogP contribution >= 0.6 is 11.8 Å². The van der Waals surface area contributed by atoms with E-state index in [1.807, 2.05) is 53.1 Å². The first-order valence-electron chi connectivity index (χ1n) is 12.7. The van der Waals surface area contributed by atoms with Crippen molar-refractivity contribution in [1.29, 1.82) is 0 Å². The molecular weight excluding hydrogens is 550 g/mol. The van der Waals surface area contributed by atoms with E-state index in [9.17, 15) is 13.2 Å². The van der Waals surface area contributed by atoms with Crippen molar-refractivity contribution in [3.63, 3.8) is 0 Å². The molecule has 2 heterocycles. The van der Waals surface area contributed by atoms with Gasteiger partial charge in [0.25, 0.3) is 0 Å². The first-order chi connectivity index (χ1) is 19.4. The monoisotopic (exact) mass is 579 g/mol.